The van der Waals surface area contributed by atoms with Gasteiger partial charge >= 0.3 is 5.97 Å². The van der Waals surface area contributed by atoms with Crippen LogP contribution in [0.4, 0.5) is 0 Å². The van der Waals surface area contributed by atoms with E-state index < -0.39 is 5.97 Å². The van der Waals surface area contributed by atoms with Crippen molar-refractivity contribution < 1.29 is 14.7 Å². The molecule has 1 heterocycles. The Hall–Kier alpha value is -2.14. The quantitative estimate of drug-likeness (QED) is 0.859. The Morgan fingerprint density at radius 2 is 1.82 bits per heavy atom. The van der Waals surface area contributed by atoms with Crippen molar-refractivity contribution in [1.29, 1.82) is 0 Å². The van der Waals surface area contributed by atoms with Crippen LogP contribution in [0.1, 0.15) is 37.7 Å². The Morgan fingerprint density at radius 3 is 2.41 bits per heavy atom. The van der Waals surface area contributed by atoms with Gasteiger partial charge in [0.15, 0.2) is 0 Å². The minimum Gasteiger partial charge on any atom is -0.477 e. The van der Waals surface area contributed by atoms with Gasteiger partial charge < -0.3 is 10.4 Å². The van der Waals surface area contributed by atoms with Gasteiger partial charge in [-0.3, -0.25) is 4.79 Å². The van der Waals surface area contributed by atoms with Gasteiger partial charge in [-0.1, -0.05) is 29.3 Å². The molecule has 2 N–H and O–H groups in total. The Morgan fingerprint density at radius 1 is 1.14 bits per heavy atom. The molecule has 0 unspecified atom stereocenters. The summed E-state index contributed by atoms with van der Waals surface area (Å²) < 4.78 is 0. The van der Waals surface area contributed by atoms with E-state index in [0.717, 1.165) is 10.4 Å². The summed E-state index contributed by atoms with van der Waals surface area (Å²) in [5.74, 6) is -0.957. The molecule has 0 aliphatic carbocycles. The van der Waals surface area contributed by atoms with Gasteiger partial charge in [-0.05, 0) is 38.0 Å². The molecule has 1 aromatic carbocycles. The molecule has 0 aliphatic rings. The fourth-order valence-electron chi connectivity index (χ4n) is 2.33. The third-order valence-electron chi connectivity index (χ3n) is 3.25. The average Bonchev–Trinajstić information content (AvgIpc) is 2.91. The van der Waals surface area contributed by atoms with E-state index in [0.29, 0.717) is 24.3 Å². The molecule has 4 nitrogen and oxygen atoms in total. The Bertz CT molecular complexity index is 671. The number of benzene rings is 1. The molecule has 0 bridgehead atoms. The molecule has 1 amide bonds. The number of aromatic carboxylic acids is 1. The monoisotopic (exact) mass is 317 g/mol. The number of hydrogen-bond acceptors (Lipinski definition) is 3. The normalized spacial score (nSPS) is 10.5. The lowest BCUT2D eigenvalue weighted by Gasteiger charge is -2.06. The van der Waals surface area contributed by atoms with E-state index in [9.17, 15) is 9.59 Å². The number of carbonyl (C=O) groups excluding carboxylic acids is 1. The van der Waals surface area contributed by atoms with Crippen molar-refractivity contribution in [3.63, 3.8) is 0 Å². The highest BCUT2D eigenvalue weighted by Gasteiger charge is 2.08. The lowest BCUT2D eigenvalue weighted by atomic mass is 10.0. The number of carboxylic acid groups (broad SMARTS) is 1. The number of carboxylic acids is 1. The van der Waals surface area contributed by atoms with Crippen LogP contribution in [0.25, 0.3) is 0 Å². The minimum atomic E-state index is -0.933. The number of aryl methyl sites for hydroxylation is 3. The molecule has 22 heavy (non-hydrogen) atoms. The third-order valence-corrected chi connectivity index (χ3v) is 4.33. The minimum absolute atomic E-state index is 0.0237. The number of thiophene rings is 1. The molecular formula is C17H19NO3S. The van der Waals surface area contributed by atoms with Gasteiger partial charge in [0, 0.05) is 11.3 Å². The summed E-state index contributed by atoms with van der Waals surface area (Å²) in [6, 6.07) is 9.60. The van der Waals surface area contributed by atoms with Crippen LogP contribution in [0, 0.1) is 13.8 Å². The van der Waals surface area contributed by atoms with Gasteiger partial charge in [0.1, 0.15) is 4.88 Å². The highest BCUT2D eigenvalue weighted by molar-refractivity contribution is 7.13. The topological polar surface area (TPSA) is 66.4 Å². The molecular weight excluding hydrogens is 298 g/mol. The van der Waals surface area contributed by atoms with Crippen molar-refractivity contribution in [2.45, 2.75) is 33.2 Å². The van der Waals surface area contributed by atoms with E-state index in [2.05, 4.69) is 23.5 Å². The van der Waals surface area contributed by atoms with E-state index >= 15 is 0 Å². The second kappa shape index (κ2) is 7.22. The highest BCUT2D eigenvalue weighted by Crippen LogP contribution is 2.16. The van der Waals surface area contributed by atoms with Crippen molar-refractivity contribution in [3.05, 3.63) is 56.8 Å². The highest BCUT2D eigenvalue weighted by atomic mass is 32.1. The van der Waals surface area contributed by atoms with Crippen LogP contribution in [0.3, 0.4) is 0 Å². The second-order valence-electron chi connectivity index (χ2n) is 5.34. The van der Waals surface area contributed by atoms with Crippen LogP contribution in [0.15, 0.2) is 30.3 Å². The van der Waals surface area contributed by atoms with E-state index in [1.807, 2.05) is 13.8 Å². The fraction of sp³-hybridized carbons (Fsp3) is 0.294. The summed E-state index contributed by atoms with van der Waals surface area (Å²) in [6.45, 7) is 4.48. The first-order chi connectivity index (χ1) is 10.4. The van der Waals surface area contributed by atoms with Crippen molar-refractivity contribution in [1.82, 2.24) is 5.32 Å². The van der Waals surface area contributed by atoms with Gasteiger partial charge in [0.2, 0.25) is 5.91 Å². The van der Waals surface area contributed by atoms with Crippen LogP contribution in [0.5, 0.6) is 0 Å². The first kappa shape index (κ1) is 16.2. The molecule has 5 heteroatoms. The lowest BCUT2D eigenvalue weighted by Crippen LogP contribution is -2.22. The zero-order chi connectivity index (χ0) is 16.1. The fourth-order valence-corrected chi connectivity index (χ4v) is 3.12. The molecule has 116 valence electrons. The van der Waals surface area contributed by atoms with Crippen molar-refractivity contribution >= 4 is 23.2 Å². The summed E-state index contributed by atoms with van der Waals surface area (Å²) >= 11 is 1.19. The molecule has 0 fully saturated rings. The largest absolute Gasteiger partial charge is 0.477 e. The summed E-state index contributed by atoms with van der Waals surface area (Å²) in [4.78, 5) is 23.8. The van der Waals surface area contributed by atoms with Crippen LogP contribution >= 0.6 is 11.3 Å². The summed E-state index contributed by atoms with van der Waals surface area (Å²) in [6.07, 6.45) is 1.14. The maximum atomic E-state index is 11.9. The van der Waals surface area contributed by atoms with E-state index in [4.69, 9.17) is 5.11 Å². The first-order valence-corrected chi connectivity index (χ1v) is 7.91. The van der Waals surface area contributed by atoms with Crippen LogP contribution in [-0.4, -0.2) is 17.0 Å². The molecule has 2 rings (SSSR count). The van der Waals surface area contributed by atoms with Gasteiger partial charge in [-0.15, -0.1) is 11.3 Å². The Balaban J connectivity index is 1.81. The number of rotatable bonds is 6. The lowest BCUT2D eigenvalue weighted by molar-refractivity contribution is -0.121. The summed E-state index contributed by atoms with van der Waals surface area (Å²) in [7, 11) is 0. The standard InChI is InChI=1S/C17H19NO3S/c1-11-7-12(2)9-13(8-11)3-6-16(19)18-10-14-4-5-15(22-14)17(20)21/h4-5,7-9H,3,6,10H2,1-2H3,(H,18,19)(H,20,21). The van der Waals surface area contributed by atoms with Crippen molar-refractivity contribution in [2.75, 3.05) is 0 Å². The number of hydrogen-bond donors (Lipinski definition) is 2. The van der Waals surface area contributed by atoms with Gasteiger partial charge in [0.05, 0.1) is 6.54 Å². The molecule has 1 aromatic heterocycles. The number of amides is 1. The molecule has 0 atom stereocenters. The number of nitrogens with one attached hydrogen (secondary N) is 1. The van der Waals surface area contributed by atoms with Crippen LogP contribution < -0.4 is 5.32 Å². The number of carbonyl (C=O) groups is 2. The predicted molar refractivity (Wildman–Crippen MR) is 87.4 cm³/mol. The van der Waals surface area contributed by atoms with Crippen LogP contribution in [0.2, 0.25) is 0 Å². The van der Waals surface area contributed by atoms with Gasteiger partial charge in [-0.25, -0.2) is 4.79 Å². The molecule has 0 saturated heterocycles. The Labute approximate surface area is 133 Å². The smallest absolute Gasteiger partial charge is 0.345 e. The SMILES string of the molecule is Cc1cc(C)cc(CCC(=O)NCc2ccc(C(=O)O)s2)c1. The summed E-state index contributed by atoms with van der Waals surface area (Å²) in [5, 5.41) is 11.7. The van der Waals surface area contributed by atoms with Crippen LogP contribution in [-0.2, 0) is 17.8 Å². The molecule has 0 aliphatic heterocycles. The van der Waals surface area contributed by atoms with E-state index in [-0.39, 0.29) is 5.91 Å². The van der Waals surface area contributed by atoms with Crippen molar-refractivity contribution in [3.8, 4) is 0 Å². The Kier molecular flexibility index (Phi) is 5.33. The molecule has 0 saturated carbocycles. The zero-order valence-corrected chi connectivity index (χ0v) is 13.5. The third kappa shape index (κ3) is 4.70. The maximum Gasteiger partial charge on any atom is 0.345 e. The van der Waals surface area contributed by atoms with Crippen molar-refractivity contribution in [2.24, 2.45) is 0 Å². The second-order valence-corrected chi connectivity index (χ2v) is 6.51. The molecule has 0 radical (unpaired) electrons. The predicted octanol–water partition coefficient (Wildman–Crippen LogP) is 3.31. The van der Waals surface area contributed by atoms with Gasteiger partial charge in [0.25, 0.3) is 0 Å². The molecule has 2 aromatic rings. The maximum absolute atomic E-state index is 11.9. The zero-order valence-electron chi connectivity index (χ0n) is 12.7. The van der Waals surface area contributed by atoms with E-state index in [1.165, 1.54) is 22.5 Å². The molecule has 0 spiro atoms. The average molecular weight is 317 g/mol. The van der Waals surface area contributed by atoms with Gasteiger partial charge in [-0.2, -0.15) is 0 Å². The van der Waals surface area contributed by atoms with E-state index in [1.54, 1.807) is 12.1 Å². The summed E-state index contributed by atoms with van der Waals surface area (Å²) in [5.41, 5.74) is 3.57. The first-order valence-electron chi connectivity index (χ1n) is 7.10.